The Labute approximate surface area is 206 Å². The number of sulfonamides is 1. The van der Waals surface area contributed by atoms with Crippen LogP contribution in [0, 0.1) is 0 Å². The molecule has 0 bridgehead atoms. The second-order valence-electron chi connectivity index (χ2n) is 8.72. The quantitative estimate of drug-likeness (QED) is 0.292. The van der Waals surface area contributed by atoms with E-state index in [1.807, 2.05) is 93.0 Å². The first-order chi connectivity index (χ1) is 16.8. The first kappa shape index (κ1) is 24.9. The number of hydrogen-bond acceptors (Lipinski definition) is 6. The van der Waals surface area contributed by atoms with Crippen molar-refractivity contribution in [3.63, 3.8) is 0 Å². The molecule has 0 heterocycles. The molecule has 7 nitrogen and oxygen atoms in total. The van der Waals surface area contributed by atoms with Crippen molar-refractivity contribution in [1.82, 2.24) is 10.0 Å². The zero-order chi connectivity index (χ0) is 25.0. The predicted octanol–water partition coefficient (Wildman–Crippen LogP) is 3.71. The first-order valence-electron chi connectivity index (χ1n) is 11.5. The molecule has 4 aromatic carbocycles. The Kier molecular flexibility index (Phi) is 7.57. The molecule has 2 atom stereocenters. The molecule has 0 radical (unpaired) electrons. The summed E-state index contributed by atoms with van der Waals surface area (Å²) in [5.41, 5.74) is 0.604. The Morgan fingerprint density at radius 2 is 1.51 bits per heavy atom. The number of anilines is 1. The number of nitrogens with one attached hydrogen (secondary N) is 2. The van der Waals surface area contributed by atoms with Gasteiger partial charge in [-0.3, -0.25) is 5.32 Å². The largest absolute Gasteiger partial charge is 0.490 e. The Bertz CT molecular complexity index is 1420. The summed E-state index contributed by atoms with van der Waals surface area (Å²) in [6.07, 6.45) is -1.43. The van der Waals surface area contributed by atoms with E-state index in [4.69, 9.17) is 4.74 Å². The zero-order valence-corrected chi connectivity index (χ0v) is 20.9. The van der Waals surface area contributed by atoms with E-state index in [1.54, 1.807) is 11.8 Å². The minimum atomic E-state index is -3.86. The fourth-order valence-electron chi connectivity index (χ4n) is 4.08. The molecule has 4 rings (SSSR count). The minimum Gasteiger partial charge on any atom is -0.490 e. The molecule has 0 aliphatic heterocycles. The van der Waals surface area contributed by atoms with Crippen LogP contribution in [0.4, 0.5) is 5.69 Å². The summed E-state index contributed by atoms with van der Waals surface area (Å²) >= 11 is 0. The van der Waals surface area contributed by atoms with Crippen molar-refractivity contribution in [3.05, 3.63) is 78.9 Å². The molecule has 0 saturated heterocycles. The van der Waals surface area contributed by atoms with Crippen LogP contribution in [0.3, 0.4) is 0 Å². The summed E-state index contributed by atoms with van der Waals surface area (Å²) in [6, 6.07) is 24.8. The molecule has 3 N–H and O–H groups in total. The normalized spacial score (nSPS) is 13.6. The van der Waals surface area contributed by atoms with Gasteiger partial charge >= 0.3 is 0 Å². The van der Waals surface area contributed by atoms with Crippen molar-refractivity contribution >= 4 is 37.3 Å². The van der Waals surface area contributed by atoms with Gasteiger partial charge in [-0.1, -0.05) is 66.7 Å². The smallest absolute Gasteiger partial charge is 0.244 e. The van der Waals surface area contributed by atoms with E-state index in [9.17, 15) is 13.5 Å². The van der Waals surface area contributed by atoms with Crippen LogP contribution in [-0.4, -0.2) is 53.0 Å². The highest BCUT2D eigenvalue weighted by Gasteiger charge is 2.25. The molecule has 0 aliphatic carbocycles. The van der Waals surface area contributed by atoms with Crippen molar-refractivity contribution in [3.8, 4) is 5.75 Å². The van der Waals surface area contributed by atoms with E-state index in [-0.39, 0.29) is 18.0 Å². The highest BCUT2D eigenvalue weighted by atomic mass is 32.2. The summed E-state index contributed by atoms with van der Waals surface area (Å²) in [4.78, 5) is 2.02. The van der Waals surface area contributed by atoms with Gasteiger partial charge in [-0.15, -0.1) is 0 Å². The summed E-state index contributed by atoms with van der Waals surface area (Å²) in [5.74, 6) is 0.697. The number of hydrogen-bond donors (Lipinski definition) is 3. The Balaban J connectivity index is 1.40. The van der Waals surface area contributed by atoms with E-state index in [0.29, 0.717) is 16.8 Å². The zero-order valence-electron chi connectivity index (χ0n) is 20.1. The third kappa shape index (κ3) is 5.74. The lowest BCUT2D eigenvalue weighted by molar-refractivity contribution is 0.104. The van der Waals surface area contributed by atoms with Gasteiger partial charge in [0.15, 0.2) is 0 Å². The number of nitrogens with zero attached hydrogens (tertiary/aromatic N) is 1. The van der Waals surface area contributed by atoms with Gasteiger partial charge < -0.3 is 14.7 Å². The molecular formula is C27H31N3O4S. The van der Waals surface area contributed by atoms with Gasteiger partial charge in [0.25, 0.3) is 0 Å². The molecule has 8 heteroatoms. The molecule has 0 aromatic heterocycles. The highest BCUT2D eigenvalue weighted by Crippen LogP contribution is 2.32. The van der Waals surface area contributed by atoms with Crippen molar-refractivity contribution in [2.75, 3.05) is 32.1 Å². The lowest BCUT2D eigenvalue weighted by Crippen LogP contribution is -2.46. The maximum atomic E-state index is 13.4. The van der Waals surface area contributed by atoms with Crippen LogP contribution in [0.5, 0.6) is 5.75 Å². The van der Waals surface area contributed by atoms with Gasteiger partial charge in [-0.2, -0.15) is 4.72 Å². The first-order valence-corrected chi connectivity index (χ1v) is 13.0. The number of benzene rings is 4. The number of aliphatic hydroxyl groups is 1. The number of fused-ring (bicyclic) bond motifs is 2. The van der Waals surface area contributed by atoms with Gasteiger partial charge in [0, 0.05) is 31.4 Å². The maximum Gasteiger partial charge on any atom is 0.244 e. The molecule has 35 heavy (non-hydrogen) atoms. The lowest BCUT2D eigenvalue weighted by Gasteiger charge is -2.23. The minimum absolute atomic E-state index is 0.0780. The van der Waals surface area contributed by atoms with E-state index in [0.717, 1.165) is 16.2 Å². The van der Waals surface area contributed by atoms with Crippen LogP contribution < -0.4 is 19.7 Å². The lowest BCUT2D eigenvalue weighted by atomic mass is 10.1. The van der Waals surface area contributed by atoms with Crippen molar-refractivity contribution in [2.45, 2.75) is 24.1 Å². The highest BCUT2D eigenvalue weighted by molar-refractivity contribution is 7.90. The standard InChI is InChI=1S/C27H31N3O4S/c1-19(28-17-22(31)18-34-26-14-8-11-20-9-4-6-12-23(20)26)29-35(32,33)27-24-13-7-5-10-21(24)15-16-25(27)30(2)3/h4-16,19,22,28-29,31H,17-18H2,1-3H3. The average Bonchev–Trinajstić information content (AvgIpc) is 2.85. The van der Waals surface area contributed by atoms with E-state index in [1.165, 1.54) is 0 Å². The van der Waals surface area contributed by atoms with Crippen LogP contribution >= 0.6 is 0 Å². The number of aliphatic hydroxyl groups excluding tert-OH is 1. The van der Waals surface area contributed by atoms with Crippen LogP contribution in [0.1, 0.15) is 6.92 Å². The topological polar surface area (TPSA) is 90.9 Å². The predicted molar refractivity (Wildman–Crippen MR) is 142 cm³/mol. The van der Waals surface area contributed by atoms with Gasteiger partial charge in [0.1, 0.15) is 23.4 Å². The summed E-state index contributed by atoms with van der Waals surface area (Å²) < 4.78 is 35.3. The van der Waals surface area contributed by atoms with E-state index in [2.05, 4.69) is 10.0 Å². The number of ether oxygens (including phenoxy) is 1. The van der Waals surface area contributed by atoms with Crippen LogP contribution in [0.15, 0.2) is 83.8 Å². The average molecular weight is 494 g/mol. The van der Waals surface area contributed by atoms with Crippen LogP contribution in [0.25, 0.3) is 21.5 Å². The molecule has 184 valence electrons. The molecular weight excluding hydrogens is 462 g/mol. The van der Waals surface area contributed by atoms with E-state index >= 15 is 0 Å². The second kappa shape index (κ2) is 10.6. The molecule has 0 fully saturated rings. The summed E-state index contributed by atoms with van der Waals surface area (Å²) in [7, 11) is -0.223. The molecule has 2 unspecified atom stereocenters. The maximum absolute atomic E-state index is 13.4. The summed E-state index contributed by atoms with van der Waals surface area (Å²) in [5, 5.41) is 17.0. The van der Waals surface area contributed by atoms with Gasteiger partial charge in [0.2, 0.25) is 10.0 Å². The summed E-state index contributed by atoms with van der Waals surface area (Å²) in [6.45, 7) is 1.94. The van der Waals surface area contributed by atoms with E-state index < -0.39 is 22.3 Å². The fraction of sp³-hybridized carbons (Fsp3) is 0.259. The fourth-order valence-corrected chi connectivity index (χ4v) is 5.75. The van der Waals surface area contributed by atoms with Gasteiger partial charge in [-0.25, -0.2) is 8.42 Å². The Morgan fingerprint density at radius 3 is 2.23 bits per heavy atom. The van der Waals surface area contributed by atoms with Crippen molar-refractivity contribution in [2.24, 2.45) is 0 Å². The Morgan fingerprint density at radius 1 is 0.886 bits per heavy atom. The molecule has 0 saturated carbocycles. The monoisotopic (exact) mass is 493 g/mol. The molecule has 0 aliphatic rings. The molecule has 0 amide bonds. The third-order valence-electron chi connectivity index (χ3n) is 5.78. The third-order valence-corrected chi connectivity index (χ3v) is 7.41. The van der Waals surface area contributed by atoms with Crippen molar-refractivity contribution in [1.29, 1.82) is 0 Å². The van der Waals surface area contributed by atoms with Crippen LogP contribution in [0.2, 0.25) is 0 Å². The van der Waals surface area contributed by atoms with Gasteiger partial charge in [0.05, 0.1) is 11.9 Å². The van der Waals surface area contributed by atoms with Gasteiger partial charge in [-0.05, 0) is 29.8 Å². The molecule has 4 aromatic rings. The Hall–Kier alpha value is -3.17. The van der Waals surface area contributed by atoms with Crippen molar-refractivity contribution < 1.29 is 18.3 Å². The number of rotatable bonds is 10. The SMILES string of the molecule is CC(NCC(O)COc1cccc2ccccc12)NS(=O)(=O)c1c(N(C)C)ccc2ccccc12. The van der Waals surface area contributed by atoms with Crippen LogP contribution in [-0.2, 0) is 10.0 Å². The molecule has 0 spiro atoms. The second-order valence-corrected chi connectivity index (χ2v) is 10.4.